The summed E-state index contributed by atoms with van der Waals surface area (Å²) in [5.74, 6) is 0.519. The highest BCUT2D eigenvalue weighted by atomic mass is 16.6. The Morgan fingerprint density at radius 3 is 2.74 bits per heavy atom. The molecule has 23 heavy (non-hydrogen) atoms. The first kappa shape index (κ1) is 17.3. The predicted octanol–water partition coefficient (Wildman–Crippen LogP) is 5.34. The number of carbonyl (C=O) groups excluding carboxylic acids is 1. The Morgan fingerprint density at radius 2 is 2.09 bits per heavy atom. The van der Waals surface area contributed by atoms with Gasteiger partial charge in [-0.15, -0.1) is 0 Å². The maximum absolute atomic E-state index is 12.1. The van der Waals surface area contributed by atoms with Crippen LogP contribution in [0.1, 0.15) is 51.9 Å². The average molecular weight is 313 g/mol. The molecule has 0 radical (unpaired) electrons. The van der Waals surface area contributed by atoms with Gasteiger partial charge in [-0.3, -0.25) is 0 Å². The van der Waals surface area contributed by atoms with Crippen molar-refractivity contribution in [1.82, 2.24) is 5.32 Å². The molecule has 0 aliphatic heterocycles. The van der Waals surface area contributed by atoms with Crippen molar-refractivity contribution in [3.63, 3.8) is 0 Å². The molecule has 2 aliphatic carbocycles. The molecule has 0 aromatic heterocycles. The summed E-state index contributed by atoms with van der Waals surface area (Å²) in [5.41, 5.74) is 2.27. The molecule has 0 aromatic rings. The highest BCUT2D eigenvalue weighted by Crippen LogP contribution is 2.20. The molecule has 0 aromatic carbocycles. The van der Waals surface area contributed by atoms with Gasteiger partial charge in [-0.25, -0.2) is 4.79 Å². The van der Waals surface area contributed by atoms with E-state index in [-0.39, 0.29) is 12.1 Å². The van der Waals surface area contributed by atoms with Gasteiger partial charge in [0, 0.05) is 6.04 Å². The van der Waals surface area contributed by atoms with Crippen molar-refractivity contribution in [1.29, 1.82) is 0 Å². The summed E-state index contributed by atoms with van der Waals surface area (Å²) in [6.07, 6.45) is 19.2. The van der Waals surface area contributed by atoms with Crippen LogP contribution < -0.4 is 5.32 Å². The molecule has 0 spiro atoms. The van der Waals surface area contributed by atoms with E-state index < -0.39 is 0 Å². The van der Waals surface area contributed by atoms with Crippen molar-refractivity contribution in [2.45, 2.75) is 57.9 Å². The summed E-state index contributed by atoms with van der Waals surface area (Å²) < 4.78 is 5.47. The van der Waals surface area contributed by atoms with Crippen molar-refractivity contribution < 1.29 is 9.53 Å². The van der Waals surface area contributed by atoms with Crippen LogP contribution in [0.5, 0.6) is 0 Å². The quantitative estimate of drug-likeness (QED) is 0.549. The maximum Gasteiger partial charge on any atom is 0.412 e. The van der Waals surface area contributed by atoms with Gasteiger partial charge in [0.05, 0.1) is 0 Å². The van der Waals surface area contributed by atoms with Crippen molar-refractivity contribution in [2.24, 2.45) is 0 Å². The van der Waals surface area contributed by atoms with Crippen LogP contribution in [-0.2, 0) is 4.74 Å². The number of hydrogen-bond donors (Lipinski definition) is 1. The van der Waals surface area contributed by atoms with E-state index >= 15 is 0 Å². The average Bonchev–Trinajstić information content (AvgIpc) is 2.56. The van der Waals surface area contributed by atoms with Crippen molar-refractivity contribution in [2.75, 3.05) is 0 Å². The Balaban J connectivity index is 1.96. The second-order valence-electron chi connectivity index (χ2n) is 6.14. The van der Waals surface area contributed by atoms with Gasteiger partial charge in [0.1, 0.15) is 5.76 Å². The highest BCUT2D eigenvalue weighted by molar-refractivity contribution is 5.69. The number of rotatable bonds is 5. The van der Waals surface area contributed by atoms with E-state index in [4.69, 9.17) is 4.74 Å². The van der Waals surface area contributed by atoms with E-state index in [1.165, 1.54) is 24.8 Å². The first-order chi connectivity index (χ1) is 11.2. The summed E-state index contributed by atoms with van der Waals surface area (Å²) in [6, 6.07) is 0.246. The monoisotopic (exact) mass is 313 g/mol. The lowest BCUT2D eigenvalue weighted by molar-refractivity contribution is 0.171. The van der Waals surface area contributed by atoms with Gasteiger partial charge in [0.2, 0.25) is 0 Å². The van der Waals surface area contributed by atoms with Crippen LogP contribution in [-0.4, -0.2) is 12.1 Å². The fourth-order valence-corrected chi connectivity index (χ4v) is 2.98. The SMILES string of the molecule is C=C/C=C(\C=C(/C)C1=CCCC=C1)OC(=O)NC1CCCCC1. The van der Waals surface area contributed by atoms with E-state index in [0.29, 0.717) is 5.76 Å². The van der Waals surface area contributed by atoms with Gasteiger partial charge < -0.3 is 10.1 Å². The number of carbonyl (C=O) groups is 1. The zero-order valence-electron chi connectivity index (χ0n) is 14.0. The zero-order chi connectivity index (χ0) is 16.5. The van der Waals surface area contributed by atoms with Crippen LogP contribution in [0.15, 0.2) is 59.9 Å². The Hall–Kier alpha value is -2.03. The topological polar surface area (TPSA) is 38.3 Å². The molecule has 0 atom stereocenters. The van der Waals surface area contributed by atoms with E-state index in [2.05, 4.69) is 30.1 Å². The van der Waals surface area contributed by atoms with Gasteiger partial charge in [0.25, 0.3) is 0 Å². The third-order valence-electron chi connectivity index (χ3n) is 4.23. The number of alkyl carbamates (subject to hydrolysis) is 1. The first-order valence-electron chi connectivity index (χ1n) is 8.55. The summed E-state index contributed by atoms with van der Waals surface area (Å²) >= 11 is 0. The molecule has 3 nitrogen and oxygen atoms in total. The standard InChI is InChI=1S/C20H27NO2/c1-3-10-19(15-16(2)17-11-6-4-7-12-17)23-20(22)21-18-13-8-5-9-14-18/h3,6,10-12,15,18H,1,4-5,7-9,13-14H2,2H3,(H,21,22)/b16-15+,19-10+. The summed E-state index contributed by atoms with van der Waals surface area (Å²) in [7, 11) is 0. The highest BCUT2D eigenvalue weighted by Gasteiger charge is 2.17. The number of ether oxygens (including phenoxy) is 1. The smallest absolute Gasteiger partial charge is 0.410 e. The van der Waals surface area contributed by atoms with Gasteiger partial charge >= 0.3 is 6.09 Å². The predicted molar refractivity (Wildman–Crippen MR) is 95.0 cm³/mol. The summed E-state index contributed by atoms with van der Waals surface area (Å²) in [4.78, 5) is 12.1. The lowest BCUT2D eigenvalue weighted by atomic mass is 9.96. The molecule has 1 N–H and O–H groups in total. The van der Waals surface area contributed by atoms with E-state index in [9.17, 15) is 4.79 Å². The summed E-state index contributed by atoms with van der Waals surface area (Å²) in [5, 5.41) is 2.97. The molecule has 1 saturated carbocycles. The second-order valence-corrected chi connectivity index (χ2v) is 6.14. The summed E-state index contributed by atoms with van der Waals surface area (Å²) in [6.45, 7) is 5.73. The van der Waals surface area contributed by atoms with Gasteiger partial charge in [-0.2, -0.15) is 0 Å². The van der Waals surface area contributed by atoms with Crippen molar-refractivity contribution in [3.8, 4) is 0 Å². The van der Waals surface area contributed by atoms with Crippen LogP contribution in [0.3, 0.4) is 0 Å². The normalized spacial score (nSPS) is 20.0. The fraction of sp³-hybridized carbons (Fsp3) is 0.450. The third kappa shape index (κ3) is 5.93. The molecule has 0 bridgehead atoms. The number of allylic oxidation sites excluding steroid dienone is 8. The zero-order valence-corrected chi connectivity index (χ0v) is 14.0. The van der Waals surface area contributed by atoms with Gasteiger partial charge in [-0.1, -0.05) is 50.1 Å². The van der Waals surface area contributed by atoms with Gasteiger partial charge in [0.15, 0.2) is 0 Å². The number of amides is 1. The lowest BCUT2D eigenvalue weighted by Crippen LogP contribution is -2.36. The van der Waals surface area contributed by atoms with Crippen LogP contribution in [0, 0.1) is 0 Å². The largest absolute Gasteiger partial charge is 0.412 e. The van der Waals surface area contributed by atoms with E-state index in [1.54, 1.807) is 12.2 Å². The molecule has 2 rings (SSSR count). The minimum absolute atomic E-state index is 0.246. The molecule has 3 heteroatoms. The van der Waals surface area contributed by atoms with Crippen molar-refractivity contribution in [3.05, 3.63) is 59.9 Å². The second kappa shape index (κ2) is 9.19. The van der Waals surface area contributed by atoms with Gasteiger partial charge in [-0.05, 0) is 55.9 Å². The Labute approximate surface area is 139 Å². The molecule has 0 unspecified atom stereocenters. The van der Waals surface area contributed by atoms with Crippen LogP contribution in [0.25, 0.3) is 0 Å². The van der Waals surface area contributed by atoms with Crippen LogP contribution in [0.4, 0.5) is 4.79 Å². The molecule has 1 fully saturated rings. The molecule has 0 saturated heterocycles. The molecule has 2 aliphatic rings. The maximum atomic E-state index is 12.1. The Bertz CT molecular complexity index is 546. The fourth-order valence-electron chi connectivity index (χ4n) is 2.98. The molecular weight excluding hydrogens is 286 g/mol. The first-order valence-corrected chi connectivity index (χ1v) is 8.55. The number of hydrogen-bond acceptors (Lipinski definition) is 2. The number of nitrogens with one attached hydrogen (secondary N) is 1. The molecule has 124 valence electrons. The lowest BCUT2D eigenvalue weighted by Gasteiger charge is -2.22. The van der Waals surface area contributed by atoms with E-state index in [0.717, 1.165) is 31.3 Å². The van der Waals surface area contributed by atoms with Crippen molar-refractivity contribution >= 4 is 6.09 Å². The van der Waals surface area contributed by atoms with Crippen LogP contribution in [0.2, 0.25) is 0 Å². The molecular formula is C20H27NO2. The molecule has 0 heterocycles. The Morgan fingerprint density at radius 1 is 1.30 bits per heavy atom. The minimum Gasteiger partial charge on any atom is -0.410 e. The van der Waals surface area contributed by atoms with E-state index in [1.807, 2.05) is 13.0 Å². The minimum atomic E-state index is -0.373. The van der Waals surface area contributed by atoms with Crippen LogP contribution >= 0.6 is 0 Å². The molecule has 1 amide bonds. The Kier molecular flexibility index (Phi) is 6.92. The third-order valence-corrected chi connectivity index (χ3v) is 4.23.